The number of amides is 1. The van der Waals surface area contributed by atoms with Crippen LogP contribution in [0, 0.1) is 0 Å². The van der Waals surface area contributed by atoms with Crippen molar-refractivity contribution >= 4 is 32.4 Å². The fourth-order valence-corrected chi connectivity index (χ4v) is 5.64. The molecule has 7 heteroatoms. The van der Waals surface area contributed by atoms with Crippen LogP contribution in [0.25, 0.3) is 10.8 Å². The molecule has 1 unspecified atom stereocenters. The highest BCUT2D eigenvalue weighted by Gasteiger charge is 2.33. The summed E-state index contributed by atoms with van der Waals surface area (Å²) < 4.78 is 28.5. The minimum atomic E-state index is -3.79. The summed E-state index contributed by atoms with van der Waals surface area (Å²) in [5, 5.41) is 12.6. The molecule has 2 N–H and O–H groups in total. The van der Waals surface area contributed by atoms with E-state index in [-0.39, 0.29) is 17.3 Å². The van der Waals surface area contributed by atoms with E-state index in [9.17, 15) is 18.3 Å². The van der Waals surface area contributed by atoms with Crippen molar-refractivity contribution in [2.75, 3.05) is 18.0 Å². The number of benzene rings is 3. The minimum absolute atomic E-state index is 0.105. The summed E-state index contributed by atoms with van der Waals surface area (Å²) in [5.74, 6) is 0.105. The fraction of sp³-hybridized carbons (Fsp3) is 0.261. The molecule has 0 saturated heterocycles. The van der Waals surface area contributed by atoms with Crippen LogP contribution >= 0.6 is 0 Å². The highest BCUT2D eigenvalue weighted by molar-refractivity contribution is 7.89. The summed E-state index contributed by atoms with van der Waals surface area (Å²) in [7, 11) is -3.79. The van der Waals surface area contributed by atoms with Crippen molar-refractivity contribution in [3.05, 3.63) is 71.3 Å². The van der Waals surface area contributed by atoms with Gasteiger partial charge in [0.05, 0.1) is 16.7 Å². The lowest BCUT2D eigenvalue weighted by Crippen LogP contribution is -2.33. The first-order valence-corrected chi connectivity index (χ1v) is 11.5. The van der Waals surface area contributed by atoms with Crippen LogP contribution in [-0.2, 0) is 27.7 Å². The number of hydrogen-bond acceptors (Lipinski definition) is 4. The van der Waals surface area contributed by atoms with Gasteiger partial charge in [0, 0.05) is 19.5 Å². The first-order valence-electron chi connectivity index (χ1n) is 10.1. The molecule has 2 heterocycles. The van der Waals surface area contributed by atoms with Crippen molar-refractivity contribution < 1.29 is 18.3 Å². The summed E-state index contributed by atoms with van der Waals surface area (Å²) in [5.41, 5.74) is 3.38. The van der Waals surface area contributed by atoms with E-state index in [1.165, 1.54) is 0 Å². The molecule has 154 valence electrons. The van der Waals surface area contributed by atoms with Gasteiger partial charge < -0.3 is 10.0 Å². The smallest absolute Gasteiger partial charge is 0.240 e. The third kappa shape index (κ3) is 3.19. The Morgan fingerprint density at radius 2 is 1.73 bits per heavy atom. The van der Waals surface area contributed by atoms with Crippen LogP contribution in [0.3, 0.4) is 0 Å². The number of carbonyl (C=O) groups is 1. The normalized spacial score (nSPS) is 16.7. The van der Waals surface area contributed by atoms with Crippen molar-refractivity contribution in [3.63, 3.8) is 0 Å². The topological polar surface area (TPSA) is 86.7 Å². The van der Waals surface area contributed by atoms with Crippen molar-refractivity contribution in [1.29, 1.82) is 0 Å². The van der Waals surface area contributed by atoms with Crippen LogP contribution in [0.2, 0.25) is 0 Å². The van der Waals surface area contributed by atoms with Crippen LogP contribution in [0.5, 0.6) is 0 Å². The fourth-order valence-electron chi connectivity index (χ4n) is 4.50. The van der Waals surface area contributed by atoms with Crippen LogP contribution in [0.1, 0.15) is 29.2 Å². The van der Waals surface area contributed by atoms with E-state index >= 15 is 0 Å². The number of hydrogen-bond donors (Lipinski definition) is 2. The average molecular weight is 423 g/mol. The number of nitrogens with zero attached hydrogens (tertiary/aromatic N) is 1. The van der Waals surface area contributed by atoms with Gasteiger partial charge in [0.15, 0.2) is 0 Å². The van der Waals surface area contributed by atoms with E-state index < -0.39 is 16.1 Å². The van der Waals surface area contributed by atoms with Gasteiger partial charge in [-0.1, -0.05) is 42.5 Å². The van der Waals surface area contributed by atoms with Gasteiger partial charge in [0.1, 0.15) is 0 Å². The lowest BCUT2D eigenvalue weighted by Gasteiger charge is -2.25. The van der Waals surface area contributed by atoms with Crippen LogP contribution < -0.4 is 9.62 Å². The number of rotatable bonds is 5. The number of carbonyl (C=O) groups excluding carboxylic acids is 1. The Balaban J connectivity index is 1.40. The predicted molar refractivity (Wildman–Crippen MR) is 115 cm³/mol. The SMILES string of the molecule is O=C1CCc2cc(S(=O)(=O)NCC(O)c3cccc4ccccc34)cc3c2N1CC3. The Hall–Kier alpha value is -2.74. The summed E-state index contributed by atoms with van der Waals surface area (Å²) >= 11 is 0. The molecule has 3 aromatic rings. The van der Waals surface area contributed by atoms with Crippen LogP contribution in [0.4, 0.5) is 5.69 Å². The molecule has 6 nitrogen and oxygen atoms in total. The van der Waals surface area contributed by atoms with Gasteiger partial charge in [-0.3, -0.25) is 4.79 Å². The van der Waals surface area contributed by atoms with Crippen molar-refractivity contribution in [2.24, 2.45) is 0 Å². The molecule has 1 atom stereocenters. The maximum Gasteiger partial charge on any atom is 0.240 e. The molecular formula is C23H22N2O4S. The Bertz CT molecular complexity index is 1260. The molecule has 0 aliphatic carbocycles. The molecule has 2 aliphatic heterocycles. The largest absolute Gasteiger partial charge is 0.387 e. The quantitative estimate of drug-likeness (QED) is 0.662. The number of nitrogens with one attached hydrogen (secondary N) is 1. The molecule has 5 rings (SSSR count). The summed E-state index contributed by atoms with van der Waals surface area (Å²) in [6, 6.07) is 16.6. The second-order valence-electron chi connectivity index (χ2n) is 7.82. The van der Waals surface area contributed by atoms with E-state index in [4.69, 9.17) is 0 Å². The molecule has 0 aromatic heterocycles. The molecule has 1 amide bonds. The van der Waals surface area contributed by atoms with Crippen molar-refractivity contribution in [2.45, 2.75) is 30.3 Å². The zero-order valence-corrected chi connectivity index (χ0v) is 17.2. The van der Waals surface area contributed by atoms with E-state index in [0.29, 0.717) is 31.4 Å². The number of aryl methyl sites for hydroxylation is 1. The molecule has 0 fully saturated rings. The lowest BCUT2D eigenvalue weighted by atomic mass is 10.00. The Labute approximate surface area is 175 Å². The summed E-state index contributed by atoms with van der Waals surface area (Å²) in [6.45, 7) is 0.491. The third-order valence-electron chi connectivity index (χ3n) is 5.98. The molecule has 0 radical (unpaired) electrons. The lowest BCUT2D eigenvalue weighted by molar-refractivity contribution is -0.118. The molecule has 0 spiro atoms. The Morgan fingerprint density at radius 3 is 2.57 bits per heavy atom. The van der Waals surface area contributed by atoms with Gasteiger partial charge in [-0.25, -0.2) is 13.1 Å². The Morgan fingerprint density at radius 1 is 1.00 bits per heavy atom. The zero-order chi connectivity index (χ0) is 20.9. The summed E-state index contributed by atoms with van der Waals surface area (Å²) in [4.78, 5) is 14.0. The monoisotopic (exact) mass is 422 g/mol. The second kappa shape index (κ2) is 7.19. The number of sulfonamides is 1. The number of aliphatic hydroxyl groups is 1. The molecule has 30 heavy (non-hydrogen) atoms. The standard InChI is InChI=1S/C23H22N2O4S/c26-21(20-7-3-5-15-4-1-2-6-19(15)20)14-24-30(28,29)18-12-16-8-9-22(27)25-11-10-17(13-18)23(16)25/h1-7,12-13,21,24,26H,8-11,14H2. The van der Waals surface area contributed by atoms with E-state index in [1.54, 1.807) is 17.0 Å². The average Bonchev–Trinajstić information content (AvgIpc) is 3.20. The van der Waals surface area contributed by atoms with Crippen LogP contribution in [0.15, 0.2) is 59.5 Å². The molecule has 2 aliphatic rings. The third-order valence-corrected chi connectivity index (χ3v) is 7.39. The predicted octanol–water partition coefficient (Wildman–Crippen LogP) is 2.69. The van der Waals surface area contributed by atoms with E-state index in [0.717, 1.165) is 27.6 Å². The van der Waals surface area contributed by atoms with Gasteiger partial charge in [0.25, 0.3) is 0 Å². The van der Waals surface area contributed by atoms with Crippen molar-refractivity contribution in [3.8, 4) is 0 Å². The minimum Gasteiger partial charge on any atom is -0.387 e. The number of fused-ring (bicyclic) bond motifs is 1. The molecule has 0 saturated carbocycles. The molecular weight excluding hydrogens is 400 g/mol. The van der Waals surface area contributed by atoms with Crippen LogP contribution in [-0.4, -0.2) is 32.5 Å². The maximum absolute atomic E-state index is 13.0. The highest BCUT2D eigenvalue weighted by Crippen LogP contribution is 2.38. The van der Waals surface area contributed by atoms with Gasteiger partial charge in [-0.05, 0) is 52.4 Å². The Kier molecular flexibility index (Phi) is 4.61. The first-order chi connectivity index (χ1) is 14.4. The van der Waals surface area contributed by atoms with Gasteiger partial charge in [0.2, 0.25) is 15.9 Å². The number of aliphatic hydroxyl groups excluding tert-OH is 1. The van der Waals surface area contributed by atoms with E-state index in [2.05, 4.69) is 4.72 Å². The van der Waals surface area contributed by atoms with Gasteiger partial charge >= 0.3 is 0 Å². The zero-order valence-electron chi connectivity index (χ0n) is 16.3. The van der Waals surface area contributed by atoms with Crippen molar-refractivity contribution in [1.82, 2.24) is 4.72 Å². The first kappa shape index (κ1) is 19.2. The second-order valence-corrected chi connectivity index (χ2v) is 9.59. The van der Waals surface area contributed by atoms with Gasteiger partial charge in [-0.2, -0.15) is 0 Å². The van der Waals surface area contributed by atoms with E-state index in [1.807, 2.05) is 42.5 Å². The van der Waals surface area contributed by atoms with Gasteiger partial charge in [-0.15, -0.1) is 0 Å². The summed E-state index contributed by atoms with van der Waals surface area (Å²) in [6.07, 6.45) is 0.658. The molecule has 3 aromatic carbocycles. The molecule has 0 bridgehead atoms. The highest BCUT2D eigenvalue weighted by atomic mass is 32.2. The number of anilines is 1. The maximum atomic E-state index is 13.0.